The number of benzene rings is 1. The number of rotatable bonds is 9. The van der Waals surface area contributed by atoms with E-state index in [2.05, 4.69) is 9.97 Å². The predicted octanol–water partition coefficient (Wildman–Crippen LogP) is 3.62. The van der Waals surface area contributed by atoms with Gasteiger partial charge in [-0.2, -0.15) is 8.42 Å². The summed E-state index contributed by atoms with van der Waals surface area (Å²) < 4.78 is 47.5. The van der Waals surface area contributed by atoms with Crippen LogP contribution < -0.4 is 20.1 Å². The summed E-state index contributed by atoms with van der Waals surface area (Å²) in [6.45, 7) is 4.42. The second-order valence-corrected chi connectivity index (χ2v) is 10.8. The molecular weight excluding hydrogens is 485 g/mol. The Hall–Kier alpha value is -3.73. The molecule has 3 aromatic rings. The van der Waals surface area contributed by atoms with Gasteiger partial charge in [-0.1, -0.05) is 19.9 Å². The van der Waals surface area contributed by atoms with E-state index in [4.69, 9.17) is 10.5 Å². The number of amides is 1. The van der Waals surface area contributed by atoms with Gasteiger partial charge in [-0.25, -0.2) is 19.1 Å². The van der Waals surface area contributed by atoms with Crippen molar-refractivity contribution in [2.24, 2.45) is 5.92 Å². The fourth-order valence-electron chi connectivity index (χ4n) is 3.56. The first-order valence-electron chi connectivity index (χ1n) is 11.5. The fourth-order valence-corrected chi connectivity index (χ4v) is 4.50. The summed E-state index contributed by atoms with van der Waals surface area (Å²) in [5, 5.41) is -0.369. The van der Waals surface area contributed by atoms with Crippen LogP contribution in [0.1, 0.15) is 37.0 Å². The van der Waals surface area contributed by atoms with Gasteiger partial charge in [-0.05, 0) is 55.2 Å². The Labute approximate surface area is 209 Å². The van der Waals surface area contributed by atoms with Gasteiger partial charge in [0.25, 0.3) is 15.9 Å². The van der Waals surface area contributed by atoms with Crippen molar-refractivity contribution < 1.29 is 22.3 Å². The first-order valence-corrected chi connectivity index (χ1v) is 13.0. The van der Waals surface area contributed by atoms with E-state index in [0.29, 0.717) is 23.6 Å². The minimum Gasteiger partial charge on any atom is -0.493 e. The molecule has 2 heterocycles. The molecule has 0 atom stereocenters. The molecule has 1 fully saturated rings. The lowest BCUT2D eigenvalue weighted by molar-refractivity contribution is 0.0981. The number of hydrogen-bond donors (Lipinski definition) is 2. The van der Waals surface area contributed by atoms with E-state index in [1.165, 1.54) is 36.4 Å². The highest BCUT2D eigenvalue weighted by Gasteiger charge is 2.31. The standard InChI is InChI=1S/C25H28FN5O4S/c1-15(2)14-35-19-12-16(11-17(26)13-19)21-10-9-20(24(28-21)31(3)18-7-8-18)25(32)30-36(33,34)23-6-4-5-22(27)29-23/h4-6,9-13,15,18H,7-8,14H2,1-3H3,(H2,27,29)(H,30,32). The van der Waals surface area contributed by atoms with Crippen LogP contribution in [-0.2, 0) is 10.0 Å². The molecule has 4 rings (SSSR count). The molecule has 1 aliphatic rings. The van der Waals surface area contributed by atoms with E-state index in [1.54, 1.807) is 19.2 Å². The number of ether oxygens (including phenoxy) is 1. The summed E-state index contributed by atoms with van der Waals surface area (Å²) in [5.41, 5.74) is 6.55. The maximum absolute atomic E-state index is 14.4. The first kappa shape index (κ1) is 25.4. The lowest BCUT2D eigenvalue weighted by Crippen LogP contribution is -2.33. The molecule has 1 aliphatic carbocycles. The van der Waals surface area contributed by atoms with Crippen molar-refractivity contribution in [1.82, 2.24) is 14.7 Å². The highest BCUT2D eigenvalue weighted by atomic mass is 32.2. The Balaban J connectivity index is 1.68. The number of pyridine rings is 2. The number of nitrogens with two attached hydrogens (primary N) is 1. The molecule has 0 aliphatic heterocycles. The third-order valence-corrected chi connectivity index (χ3v) is 6.78. The van der Waals surface area contributed by atoms with Gasteiger partial charge < -0.3 is 15.4 Å². The van der Waals surface area contributed by atoms with Gasteiger partial charge in [0.05, 0.1) is 17.9 Å². The normalized spacial score (nSPS) is 13.5. The van der Waals surface area contributed by atoms with Crippen LogP contribution in [0, 0.1) is 11.7 Å². The summed E-state index contributed by atoms with van der Waals surface area (Å²) in [4.78, 5) is 23.3. The molecule has 0 unspecified atom stereocenters. The molecule has 3 N–H and O–H groups in total. The van der Waals surface area contributed by atoms with Crippen LogP contribution in [0.2, 0.25) is 0 Å². The van der Waals surface area contributed by atoms with Crippen LogP contribution in [0.25, 0.3) is 11.3 Å². The Bertz CT molecular complexity index is 1390. The molecule has 1 aromatic carbocycles. The van der Waals surface area contributed by atoms with Gasteiger partial charge in [0.1, 0.15) is 23.2 Å². The predicted molar refractivity (Wildman–Crippen MR) is 135 cm³/mol. The fraction of sp³-hybridized carbons (Fsp3) is 0.320. The van der Waals surface area contributed by atoms with Gasteiger partial charge in [-0.15, -0.1) is 0 Å². The van der Waals surface area contributed by atoms with Gasteiger partial charge >= 0.3 is 0 Å². The van der Waals surface area contributed by atoms with Crippen molar-refractivity contribution in [2.75, 3.05) is 24.3 Å². The smallest absolute Gasteiger partial charge is 0.281 e. The number of nitrogen functional groups attached to an aromatic ring is 1. The Morgan fingerprint density at radius 2 is 1.94 bits per heavy atom. The van der Waals surface area contributed by atoms with Crippen molar-refractivity contribution in [3.8, 4) is 17.0 Å². The van der Waals surface area contributed by atoms with E-state index in [9.17, 15) is 17.6 Å². The monoisotopic (exact) mass is 513 g/mol. The van der Waals surface area contributed by atoms with Crippen molar-refractivity contribution in [3.05, 3.63) is 59.9 Å². The number of halogens is 1. The Morgan fingerprint density at radius 3 is 2.61 bits per heavy atom. The molecule has 1 amide bonds. The van der Waals surface area contributed by atoms with Crippen LogP contribution in [0.5, 0.6) is 5.75 Å². The number of hydrogen-bond acceptors (Lipinski definition) is 8. The minimum atomic E-state index is -4.27. The van der Waals surface area contributed by atoms with Crippen molar-refractivity contribution >= 4 is 27.6 Å². The Morgan fingerprint density at radius 1 is 1.19 bits per heavy atom. The molecular formula is C25H28FN5O4S. The van der Waals surface area contributed by atoms with Crippen LogP contribution >= 0.6 is 0 Å². The zero-order valence-electron chi connectivity index (χ0n) is 20.2. The highest BCUT2D eigenvalue weighted by molar-refractivity contribution is 7.90. The SMILES string of the molecule is CC(C)COc1cc(F)cc(-c2ccc(C(=O)NS(=O)(=O)c3cccc(N)n3)c(N(C)C3CC3)n2)c1. The lowest BCUT2D eigenvalue weighted by Gasteiger charge is -2.21. The number of nitrogens with one attached hydrogen (secondary N) is 1. The minimum absolute atomic E-state index is 0.0114. The summed E-state index contributed by atoms with van der Waals surface area (Å²) >= 11 is 0. The molecule has 0 radical (unpaired) electrons. The first-order chi connectivity index (χ1) is 17.0. The van der Waals surface area contributed by atoms with Gasteiger partial charge in [0, 0.05) is 24.7 Å². The lowest BCUT2D eigenvalue weighted by atomic mass is 10.1. The van der Waals surface area contributed by atoms with Crippen LogP contribution in [-0.4, -0.2) is 44.0 Å². The van der Waals surface area contributed by atoms with Gasteiger partial charge in [0.2, 0.25) is 0 Å². The van der Waals surface area contributed by atoms with Crippen LogP contribution in [0.3, 0.4) is 0 Å². The summed E-state index contributed by atoms with van der Waals surface area (Å²) in [5.74, 6) is -0.395. The largest absolute Gasteiger partial charge is 0.493 e. The third kappa shape index (κ3) is 5.91. The maximum atomic E-state index is 14.4. The van der Waals surface area contributed by atoms with Crippen LogP contribution in [0.4, 0.5) is 16.0 Å². The average molecular weight is 514 g/mol. The molecule has 0 saturated heterocycles. The topological polar surface area (TPSA) is 128 Å². The van der Waals surface area contributed by atoms with Gasteiger partial charge in [0.15, 0.2) is 5.03 Å². The molecule has 0 spiro atoms. The zero-order chi connectivity index (χ0) is 26.0. The van der Waals surface area contributed by atoms with Gasteiger partial charge in [-0.3, -0.25) is 4.79 Å². The number of carbonyl (C=O) groups is 1. The summed E-state index contributed by atoms with van der Waals surface area (Å²) in [7, 11) is -2.48. The number of nitrogens with zero attached hydrogens (tertiary/aromatic N) is 3. The number of anilines is 2. The van der Waals surface area contributed by atoms with Crippen molar-refractivity contribution in [2.45, 2.75) is 37.8 Å². The quantitative estimate of drug-likeness (QED) is 0.444. The summed E-state index contributed by atoms with van der Waals surface area (Å²) in [6, 6.07) is 11.6. The second kappa shape index (κ2) is 10.1. The van der Waals surface area contributed by atoms with Crippen molar-refractivity contribution in [3.63, 3.8) is 0 Å². The highest BCUT2D eigenvalue weighted by Crippen LogP contribution is 2.33. The second-order valence-electron chi connectivity index (χ2n) is 9.13. The number of aromatic nitrogens is 2. The zero-order valence-corrected chi connectivity index (χ0v) is 21.0. The van der Waals surface area contributed by atoms with E-state index >= 15 is 0 Å². The van der Waals surface area contributed by atoms with E-state index in [1.807, 2.05) is 23.5 Å². The van der Waals surface area contributed by atoms with Crippen molar-refractivity contribution in [1.29, 1.82) is 0 Å². The molecule has 0 bridgehead atoms. The maximum Gasteiger partial charge on any atom is 0.281 e. The third-order valence-electron chi connectivity index (χ3n) is 5.55. The summed E-state index contributed by atoms with van der Waals surface area (Å²) in [6.07, 6.45) is 1.84. The Kier molecular flexibility index (Phi) is 7.11. The molecule has 1 saturated carbocycles. The van der Waals surface area contributed by atoms with E-state index < -0.39 is 21.7 Å². The van der Waals surface area contributed by atoms with E-state index in [-0.39, 0.29) is 34.2 Å². The molecule has 11 heteroatoms. The average Bonchev–Trinajstić information content (AvgIpc) is 3.67. The molecule has 2 aromatic heterocycles. The van der Waals surface area contributed by atoms with E-state index in [0.717, 1.165) is 12.8 Å². The number of sulfonamides is 1. The molecule has 36 heavy (non-hydrogen) atoms. The van der Waals surface area contributed by atoms with Crippen LogP contribution in [0.15, 0.2) is 53.6 Å². The molecule has 190 valence electrons. The molecule has 9 nitrogen and oxygen atoms in total. The number of carbonyl (C=O) groups excluding carboxylic acids is 1.